The van der Waals surface area contributed by atoms with Crippen molar-refractivity contribution in [1.82, 2.24) is 0 Å². The summed E-state index contributed by atoms with van der Waals surface area (Å²) in [7, 11) is 0. The van der Waals surface area contributed by atoms with E-state index in [1.54, 1.807) is 42.5 Å². The molecule has 0 radical (unpaired) electrons. The Kier molecular flexibility index (Phi) is 6.65. The number of rotatable bonds is 8. The van der Waals surface area contributed by atoms with Crippen LogP contribution in [-0.2, 0) is 14.3 Å². The lowest BCUT2D eigenvalue weighted by Gasteiger charge is -2.09. The van der Waals surface area contributed by atoms with Crippen LogP contribution in [0.4, 0.5) is 5.69 Å². The highest BCUT2D eigenvalue weighted by molar-refractivity contribution is 5.92. The second-order valence-corrected chi connectivity index (χ2v) is 6.89. The number of ether oxygens (including phenoxy) is 3. The third kappa shape index (κ3) is 6.20. The van der Waals surface area contributed by atoms with Gasteiger partial charge in [0.25, 0.3) is 5.91 Å². The van der Waals surface area contributed by atoms with E-state index >= 15 is 0 Å². The number of carbonyl (C=O) groups excluding carboxylic acids is 2. The molecular formula is C25H19NO7. The van der Waals surface area contributed by atoms with Crippen molar-refractivity contribution in [3.63, 3.8) is 0 Å². The van der Waals surface area contributed by atoms with E-state index in [0.717, 1.165) is 5.39 Å². The van der Waals surface area contributed by atoms with E-state index in [9.17, 15) is 14.4 Å². The summed E-state index contributed by atoms with van der Waals surface area (Å²) < 4.78 is 21.0. The lowest BCUT2D eigenvalue weighted by Crippen LogP contribution is -2.23. The van der Waals surface area contributed by atoms with Gasteiger partial charge in [0.1, 0.15) is 22.8 Å². The highest BCUT2D eigenvalue weighted by atomic mass is 16.6. The number of carbonyl (C=O) groups is 2. The molecule has 0 saturated carbocycles. The van der Waals surface area contributed by atoms with Crippen molar-refractivity contribution in [3.05, 3.63) is 95.3 Å². The summed E-state index contributed by atoms with van der Waals surface area (Å²) in [5.41, 5.74) is 0.390. The molecule has 0 saturated heterocycles. The predicted molar refractivity (Wildman–Crippen MR) is 121 cm³/mol. The standard InChI is InChI=1S/C25H19NO7/c27-23(26-18-8-11-20(12-9-18)32-19-4-2-1-3-5-19)15-31-25(29)16-30-21-10-6-17-7-13-24(28)33-22(17)14-21/h1-14H,15-16H2,(H,26,27). The highest BCUT2D eigenvalue weighted by Gasteiger charge is 2.10. The van der Waals surface area contributed by atoms with Crippen LogP contribution in [0.1, 0.15) is 0 Å². The van der Waals surface area contributed by atoms with Gasteiger partial charge in [0.05, 0.1) is 0 Å². The summed E-state index contributed by atoms with van der Waals surface area (Å²) in [6.07, 6.45) is 0. The van der Waals surface area contributed by atoms with E-state index in [4.69, 9.17) is 18.6 Å². The van der Waals surface area contributed by atoms with E-state index in [-0.39, 0.29) is 0 Å². The number of amides is 1. The molecule has 0 spiro atoms. The third-order valence-corrected chi connectivity index (χ3v) is 4.43. The molecule has 0 unspecified atom stereocenters. The molecular weight excluding hydrogens is 426 g/mol. The molecule has 1 heterocycles. The minimum absolute atomic E-state index is 0.330. The van der Waals surface area contributed by atoms with Crippen LogP contribution < -0.4 is 20.4 Å². The van der Waals surface area contributed by atoms with Crippen LogP contribution in [0.5, 0.6) is 17.2 Å². The van der Waals surface area contributed by atoms with Crippen molar-refractivity contribution >= 4 is 28.5 Å². The van der Waals surface area contributed by atoms with Crippen LogP contribution in [0.2, 0.25) is 0 Å². The fourth-order valence-corrected chi connectivity index (χ4v) is 2.89. The van der Waals surface area contributed by atoms with Crippen LogP contribution in [0.15, 0.2) is 94.1 Å². The summed E-state index contributed by atoms with van der Waals surface area (Å²) in [6, 6.07) is 23.9. The van der Waals surface area contributed by atoms with Crippen LogP contribution in [-0.4, -0.2) is 25.1 Å². The number of benzene rings is 3. The molecule has 0 atom stereocenters. The summed E-state index contributed by atoms with van der Waals surface area (Å²) in [4.78, 5) is 35.2. The number of fused-ring (bicyclic) bond motifs is 1. The first-order valence-electron chi connectivity index (χ1n) is 10.0. The van der Waals surface area contributed by atoms with E-state index in [1.807, 2.05) is 30.3 Å². The number of hydrogen-bond acceptors (Lipinski definition) is 7. The Bertz CT molecular complexity index is 1310. The topological polar surface area (TPSA) is 104 Å². The van der Waals surface area contributed by atoms with Crippen molar-refractivity contribution in [2.45, 2.75) is 0 Å². The Morgan fingerprint density at radius 3 is 2.27 bits per heavy atom. The largest absolute Gasteiger partial charge is 0.482 e. The van der Waals surface area contributed by atoms with Crippen LogP contribution in [0.25, 0.3) is 11.0 Å². The van der Waals surface area contributed by atoms with Gasteiger partial charge in [-0.1, -0.05) is 18.2 Å². The zero-order chi connectivity index (χ0) is 23.0. The fourth-order valence-electron chi connectivity index (χ4n) is 2.89. The monoisotopic (exact) mass is 445 g/mol. The minimum Gasteiger partial charge on any atom is -0.482 e. The quantitative estimate of drug-likeness (QED) is 0.321. The van der Waals surface area contributed by atoms with Crippen molar-refractivity contribution in [2.24, 2.45) is 0 Å². The molecule has 4 rings (SSSR count). The number of anilines is 1. The Morgan fingerprint density at radius 2 is 1.48 bits per heavy atom. The van der Waals surface area contributed by atoms with Gasteiger partial charge in [-0.25, -0.2) is 9.59 Å². The van der Waals surface area contributed by atoms with Gasteiger partial charge in [-0.2, -0.15) is 0 Å². The van der Waals surface area contributed by atoms with E-state index < -0.39 is 30.7 Å². The number of esters is 1. The van der Waals surface area contributed by atoms with Gasteiger partial charge in [-0.15, -0.1) is 0 Å². The summed E-state index contributed by atoms with van der Waals surface area (Å²) in [5, 5.41) is 3.36. The first-order chi connectivity index (χ1) is 16.0. The van der Waals surface area contributed by atoms with E-state index in [2.05, 4.69) is 5.32 Å². The second-order valence-electron chi connectivity index (χ2n) is 6.89. The molecule has 166 valence electrons. The Balaban J connectivity index is 1.21. The molecule has 0 fully saturated rings. The maximum Gasteiger partial charge on any atom is 0.344 e. The van der Waals surface area contributed by atoms with Gasteiger partial charge in [0.2, 0.25) is 0 Å². The molecule has 4 aromatic rings. The summed E-state index contributed by atoms with van der Waals surface area (Å²) >= 11 is 0. The van der Waals surface area contributed by atoms with E-state index in [0.29, 0.717) is 28.5 Å². The lowest BCUT2D eigenvalue weighted by molar-refractivity contribution is -0.149. The molecule has 3 aromatic carbocycles. The average Bonchev–Trinajstić information content (AvgIpc) is 2.83. The predicted octanol–water partition coefficient (Wildman–Crippen LogP) is 4.15. The number of hydrogen-bond donors (Lipinski definition) is 1. The van der Waals surface area contributed by atoms with Crippen molar-refractivity contribution < 1.29 is 28.2 Å². The van der Waals surface area contributed by atoms with Crippen molar-refractivity contribution in [1.29, 1.82) is 0 Å². The number of nitrogens with one attached hydrogen (secondary N) is 1. The van der Waals surface area contributed by atoms with Crippen molar-refractivity contribution in [3.8, 4) is 17.2 Å². The first-order valence-corrected chi connectivity index (χ1v) is 10.0. The lowest BCUT2D eigenvalue weighted by atomic mass is 10.2. The molecule has 8 heteroatoms. The van der Waals surface area contributed by atoms with E-state index in [1.165, 1.54) is 12.1 Å². The molecule has 0 aliphatic rings. The van der Waals surface area contributed by atoms with Crippen LogP contribution in [0, 0.1) is 0 Å². The number of para-hydroxylation sites is 1. The molecule has 1 amide bonds. The fraction of sp³-hybridized carbons (Fsp3) is 0.0800. The SMILES string of the molecule is O=C(COC(=O)COc1ccc2ccc(=O)oc2c1)Nc1ccc(Oc2ccccc2)cc1. The van der Waals surface area contributed by atoms with Gasteiger partial charge in [-0.05, 0) is 54.6 Å². The second kappa shape index (κ2) is 10.1. The Hall–Kier alpha value is -4.59. The molecule has 8 nitrogen and oxygen atoms in total. The zero-order valence-corrected chi connectivity index (χ0v) is 17.4. The molecule has 0 aliphatic carbocycles. The molecule has 0 bridgehead atoms. The Morgan fingerprint density at radius 1 is 0.788 bits per heavy atom. The van der Waals surface area contributed by atoms with Gasteiger partial charge >= 0.3 is 11.6 Å². The smallest absolute Gasteiger partial charge is 0.344 e. The minimum atomic E-state index is -0.716. The van der Waals surface area contributed by atoms with Gasteiger partial charge in [-0.3, -0.25) is 4.79 Å². The Labute approximate surface area is 188 Å². The summed E-state index contributed by atoms with van der Waals surface area (Å²) in [6.45, 7) is -0.863. The zero-order valence-electron chi connectivity index (χ0n) is 17.4. The summed E-state index contributed by atoms with van der Waals surface area (Å²) in [5.74, 6) is 0.447. The average molecular weight is 445 g/mol. The molecule has 0 aliphatic heterocycles. The van der Waals surface area contributed by atoms with Gasteiger partial charge in [0.15, 0.2) is 13.2 Å². The maximum absolute atomic E-state index is 12.0. The van der Waals surface area contributed by atoms with Gasteiger partial charge < -0.3 is 23.9 Å². The molecule has 1 N–H and O–H groups in total. The van der Waals surface area contributed by atoms with Gasteiger partial charge in [0, 0.05) is 23.2 Å². The highest BCUT2D eigenvalue weighted by Crippen LogP contribution is 2.22. The first kappa shape index (κ1) is 21.6. The molecule has 33 heavy (non-hydrogen) atoms. The normalized spacial score (nSPS) is 10.4. The third-order valence-electron chi connectivity index (χ3n) is 4.43. The van der Waals surface area contributed by atoms with Crippen LogP contribution in [0.3, 0.4) is 0 Å². The van der Waals surface area contributed by atoms with Crippen molar-refractivity contribution in [2.75, 3.05) is 18.5 Å². The van der Waals surface area contributed by atoms with Crippen LogP contribution >= 0.6 is 0 Å². The maximum atomic E-state index is 12.0. The molecule has 1 aromatic heterocycles.